The molecule has 0 spiro atoms. The number of para-hydroxylation sites is 1. The second-order valence-electron chi connectivity index (χ2n) is 4.89. The maximum Gasteiger partial charge on any atom is 0.102 e. The zero-order chi connectivity index (χ0) is 19.7. The van der Waals surface area contributed by atoms with Gasteiger partial charge in [0.25, 0.3) is 0 Å². The minimum atomic E-state index is -4.92. The molecular weight excluding hydrogens is 453 g/mol. The SMILES string of the molecule is CC(=O)Nc1ccccc1[As](=O)(O)OO.c1ccc(Sc2cncs2)nc1. The van der Waals surface area contributed by atoms with E-state index in [-0.39, 0.29) is 15.9 Å². The quantitative estimate of drug-likeness (QED) is 0.296. The molecule has 8 nitrogen and oxygen atoms in total. The monoisotopic (exact) mass is 469 g/mol. The third kappa shape index (κ3) is 6.94. The Bertz CT molecular complexity index is 909. The van der Waals surface area contributed by atoms with Gasteiger partial charge in [-0.3, -0.25) is 4.98 Å². The number of amides is 1. The molecule has 0 saturated heterocycles. The first-order chi connectivity index (χ1) is 12.9. The summed E-state index contributed by atoms with van der Waals surface area (Å²) in [5, 5.41) is 11.7. The van der Waals surface area contributed by atoms with Gasteiger partial charge in [-0.1, -0.05) is 17.8 Å². The molecule has 1 aromatic carbocycles. The predicted octanol–water partition coefficient (Wildman–Crippen LogP) is 2.39. The summed E-state index contributed by atoms with van der Waals surface area (Å²) in [6.45, 7) is 1.27. The van der Waals surface area contributed by atoms with Crippen LogP contribution in [0.5, 0.6) is 0 Å². The first-order valence-electron chi connectivity index (χ1n) is 7.43. The van der Waals surface area contributed by atoms with Gasteiger partial charge in [-0.25, -0.2) is 4.98 Å². The van der Waals surface area contributed by atoms with Gasteiger partial charge in [-0.15, -0.1) is 11.3 Å². The van der Waals surface area contributed by atoms with E-state index in [9.17, 15) is 12.6 Å². The molecule has 0 aliphatic rings. The van der Waals surface area contributed by atoms with Crippen LogP contribution in [0.25, 0.3) is 0 Å². The van der Waals surface area contributed by atoms with Crippen molar-refractivity contribution in [3.63, 3.8) is 0 Å². The van der Waals surface area contributed by atoms with Gasteiger partial charge in [0.05, 0.1) is 15.9 Å². The molecule has 1 unspecified atom stereocenters. The van der Waals surface area contributed by atoms with Crippen LogP contribution in [-0.2, 0) is 12.4 Å². The van der Waals surface area contributed by atoms with Gasteiger partial charge >= 0.3 is 88.4 Å². The van der Waals surface area contributed by atoms with Crippen LogP contribution in [0.2, 0.25) is 0 Å². The van der Waals surface area contributed by atoms with Crippen molar-refractivity contribution in [3.8, 4) is 0 Å². The molecule has 27 heavy (non-hydrogen) atoms. The standard InChI is InChI=1S/C8H10AsNO5.C8H6N2S2/c1-6(11)10-8-5-3-2-4-7(8)9(12,13)15-14;1-2-4-10-7(3-1)12-8-5-9-6-11-8/h2-5,14H,1H3,(H,10,11)(H,12,13);1-6H. The number of anilines is 1. The molecule has 3 rings (SSSR count). The Morgan fingerprint density at radius 2 is 2.00 bits per heavy atom. The van der Waals surface area contributed by atoms with Crippen molar-refractivity contribution in [2.24, 2.45) is 0 Å². The van der Waals surface area contributed by atoms with Crippen LogP contribution < -0.4 is 9.67 Å². The third-order valence-corrected chi connectivity index (χ3v) is 7.30. The molecule has 2 aromatic heterocycles. The van der Waals surface area contributed by atoms with E-state index in [0.717, 1.165) is 5.03 Å². The van der Waals surface area contributed by atoms with Crippen LogP contribution in [0.4, 0.5) is 5.69 Å². The smallest absolute Gasteiger partial charge is 0.102 e. The van der Waals surface area contributed by atoms with Gasteiger partial charge in [0.2, 0.25) is 0 Å². The van der Waals surface area contributed by atoms with Crippen molar-refractivity contribution in [2.45, 2.75) is 16.2 Å². The zero-order valence-corrected chi connectivity index (χ0v) is 17.6. The number of rotatable bonds is 5. The Kier molecular flexibility index (Phi) is 8.23. The maximum absolute atomic E-state index is 11.4. The Labute approximate surface area is 166 Å². The van der Waals surface area contributed by atoms with Crippen LogP contribution >= 0.6 is 23.1 Å². The minimum Gasteiger partial charge on any atom is -0.252 e. The zero-order valence-electron chi connectivity index (χ0n) is 14.1. The fourth-order valence-corrected chi connectivity index (χ4v) is 5.00. The van der Waals surface area contributed by atoms with Crippen molar-refractivity contribution >= 4 is 53.2 Å². The summed E-state index contributed by atoms with van der Waals surface area (Å²) in [6.07, 6.45) is 3.65. The van der Waals surface area contributed by atoms with Crippen molar-refractivity contribution < 1.29 is 21.8 Å². The average molecular weight is 469 g/mol. The number of hydrogen-bond acceptors (Lipinski definition) is 8. The molecule has 0 aliphatic heterocycles. The van der Waals surface area contributed by atoms with Crippen molar-refractivity contribution in [1.82, 2.24) is 9.97 Å². The van der Waals surface area contributed by atoms with Gasteiger partial charge in [0.1, 0.15) is 5.03 Å². The Balaban J connectivity index is 0.000000198. The van der Waals surface area contributed by atoms with Crippen LogP contribution in [-0.4, -0.2) is 39.4 Å². The first-order valence-corrected chi connectivity index (χ1v) is 12.4. The fraction of sp³-hybridized carbons (Fsp3) is 0.0625. The van der Waals surface area contributed by atoms with Gasteiger partial charge in [-0.2, -0.15) is 0 Å². The normalized spacial score (nSPS) is 12.4. The summed E-state index contributed by atoms with van der Waals surface area (Å²) in [4.78, 5) is 19.0. The molecule has 3 N–H and O–H groups in total. The van der Waals surface area contributed by atoms with E-state index in [1.165, 1.54) is 29.3 Å². The van der Waals surface area contributed by atoms with E-state index < -0.39 is 14.2 Å². The van der Waals surface area contributed by atoms with E-state index in [1.807, 2.05) is 29.9 Å². The topological polar surface area (TPSA) is 122 Å². The molecule has 142 valence electrons. The fourth-order valence-electron chi connectivity index (χ4n) is 1.82. The molecule has 0 saturated carbocycles. The average Bonchev–Trinajstić information content (AvgIpc) is 3.16. The number of nitrogens with one attached hydrogen (secondary N) is 1. The van der Waals surface area contributed by atoms with E-state index in [2.05, 4.69) is 19.2 Å². The molecule has 2 heterocycles. The number of carbonyl (C=O) groups excluding carboxylic acids is 1. The third-order valence-electron chi connectivity index (χ3n) is 2.88. The number of aromatic nitrogens is 2. The minimum absolute atomic E-state index is 0.103. The number of benzene rings is 1. The van der Waals surface area contributed by atoms with E-state index >= 15 is 0 Å². The van der Waals surface area contributed by atoms with Gasteiger partial charge in [0.15, 0.2) is 0 Å². The van der Waals surface area contributed by atoms with Crippen LogP contribution in [0.1, 0.15) is 6.92 Å². The summed E-state index contributed by atoms with van der Waals surface area (Å²) in [5.41, 5.74) is 1.98. The second-order valence-corrected chi connectivity index (χ2v) is 10.6. The summed E-state index contributed by atoms with van der Waals surface area (Å²) < 4.78 is 25.3. The second kappa shape index (κ2) is 10.4. The Morgan fingerprint density at radius 3 is 2.59 bits per heavy atom. The summed E-state index contributed by atoms with van der Waals surface area (Å²) in [5.74, 6) is -0.379. The van der Waals surface area contributed by atoms with E-state index in [1.54, 1.807) is 35.4 Å². The van der Waals surface area contributed by atoms with E-state index in [0.29, 0.717) is 0 Å². The predicted molar refractivity (Wildman–Crippen MR) is 103 cm³/mol. The largest absolute Gasteiger partial charge is 0.252 e. The van der Waals surface area contributed by atoms with Gasteiger partial charge in [-0.05, 0) is 12.1 Å². The number of pyridine rings is 1. The van der Waals surface area contributed by atoms with Crippen molar-refractivity contribution in [1.29, 1.82) is 0 Å². The Hall–Kier alpha value is -1.94. The number of thiazole rings is 1. The first kappa shape index (κ1) is 21.4. The summed E-state index contributed by atoms with van der Waals surface area (Å²) in [7, 11) is 0. The van der Waals surface area contributed by atoms with Crippen LogP contribution in [0, 0.1) is 0 Å². The van der Waals surface area contributed by atoms with Gasteiger partial charge in [0, 0.05) is 6.20 Å². The molecule has 0 bridgehead atoms. The summed E-state index contributed by atoms with van der Waals surface area (Å²) in [6, 6.07) is 11.7. The molecular formula is C16H16AsN3O5S2. The molecule has 0 radical (unpaired) electrons. The van der Waals surface area contributed by atoms with Crippen LogP contribution in [0.3, 0.4) is 0 Å². The number of carbonyl (C=O) groups is 1. The Morgan fingerprint density at radius 1 is 1.26 bits per heavy atom. The molecule has 3 aromatic rings. The maximum atomic E-state index is 11.4. The van der Waals surface area contributed by atoms with Crippen molar-refractivity contribution in [3.05, 3.63) is 60.4 Å². The molecule has 0 fully saturated rings. The molecule has 1 atom stereocenters. The van der Waals surface area contributed by atoms with Gasteiger partial charge < -0.3 is 0 Å². The summed E-state index contributed by atoms with van der Waals surface area (Å²) >= 11 is -1.66. The molecule has 1 amide bonds. The number of hydrogen-bond donors (Lipinski definition) is 3. The number of nitrogens with zero attached hydrogens (tertiary/aromatic N) is 2. The molecule has 11 heteroatoms. The van der Waals surface area contributed by atoms with Crippen molar-refractivity contribution in [2.75, 3.05) is 5.32 Å². The molecule has 0 aliphatic carbocycles. The van der Waals surface area contributed by atoms with Crippen LogP contribution in [0.15, 0.2) is 69.6 Å². The van der Waals surface area contributed by atoms with E-state index in [4.69, 9.17) is 5.26 Å².